The van der Waals surface area contributed by atoms with Gasteiger partial charge in [0.1, 0.15) is 11.7 Å². The number of nitrogens with one attached hydrogen (secondary N) is 3. The van der Waals surface area contributed by atoms with Crippen LogP contribution in [0.25, 0.3) is 0 Å². The van der Waals surface area contributed by atoms with Crippen LogP contribution in [0.1, 0.15) is 23.6 Å². The fourth-order valence-electron chi connectivity index (χ4n) is 1.69. The van der Waals surface area contributed by atoms with E-state index in [9.17, 15) is 0 Å². The van der Waals surface area contributed by atoms with Crippen LogP contribution in [0.3, 0.4) is 0 Å². The van der Waals surface area contributed by atoms with E-state index in [4.69, 9.17) is 22.4 Å². The number of fused-ring (bicyclic) bond motifs is 1. The first-order chi connectivity index (χ1) is 6.63. The molecule has 1 aliphatic rings. The summed E-state index contributed by atoms with van der Waals surface area (Å²) in [5.41, 5.74) is 2.58. The molecule has 1 aromatic rings. The van der Waals surface area contributed by atoms with Gasteiger partial charge in [0.25, 0.3) is 0 Å². The SMILES string of the molecule is CCc1cc(Cl)cc2c1C(=N)NC2=N. The smallest absolute Gasteiger partial charge is 0.132 e. The van der Waals surface area contributed by atoms with Gasteiger partial charge in [0.2, 0.25) is 0 Å². The Morgan fingerprint density at radius 3 is 2.64 bits per heavy atom. The summed E-state index contributed by atoms with van der Waals surface area (Å²) in [6.45, 7) is 2.02. The predicted octanol–water partition coefficient (Wildman–Crippen LogP) is 2.16. The molecule has 0 unspecified atom stereocenters. The summed E-state index contributed by atoms with van der Waals surface area (Å²) in [6.07, 6.45) is 0.820. The van der Waals surface area contributed by atoms with Gasteiger partial charge >= 0.3 is 0 Å². The molecule has 0 atom stereocenters. The van der Waals surface area contributed by atoms with E-state index < -0.39 is 0 Å². The molecular formula is C10H10ClN3. The lowest BCUT2D eigenvalue weighted by molar-refractivity contribution is 1.13. The van der Waals surface area contributed by atoms with Crippen molar-refractivity contribution in [1.29, 1.82) is 10.8 Å². The summed E-state index contributed by atoms with van der Waals surface area (Å²) in [5.74, 6) is 0.570. The normalized spacial score (nSPS) is 14.1. The van der Waals surface area contributed by atoms with Gasteiger partial charge in [0.05, 0.1) is 0 Å². The van der Waals surface area contributed by atoms with Gasteiger partial charge in [0.15, 0.2) is 0 Å². The van der Waals surface area contributed by atoms with Gasteiger partial charge in [-0.1, -0.05) is 18.5 Å². The quantitative estimate of drug-likeness (QED) is 0.650. The maximum atomic E-state index is 7.68. The molecule has 0 aliphatic carbocycles. The molecule has 0 aromatic heterocycles. The Kier molecular flexibility index (Phi) is 2.04. The standard InChI is InChI=1S/C10H10ClN3/c1-2-5-3-6(11)4-7-8(5)10(13)14-9(7)12/h3-4H,2H2,1H3,(H3,12,13,14). The van der Waals surface area contributed by atoms with E-state index in [0.29, 0.717) is 10.9 Å². The maximum absolute atomic E-state index is 7.68. The third kappa shape index (κ3) is 1.21. The second kappa shape index (κ2) is 3.10. The van der Waals surface area contributed by atoms with Crippen LogP contribution in [0.15, 0.2) is 12.1 Å². The highest BCUT2D eigenvalue weighted by Gasteiger charge is 2.23. The van der Waals surface area contributed by atoms with Crippen LogP contribution in [0, 0.1) is 10.8 Å². The lowest BCUT2D eigenvalue weighted by atomic mass is 10.0. The molecule has 3 nitrogen and oxygen atoms in total. The first-order valence-corrected chi connectivity index (χ1v) is 4.78. The van der Waals surface area contributed by atoms with Crippen LogP contribution in [-0.2, 0) is 6.42 Å². The highest BCUT2D eigenvalue weighted by atomic mass is 35.5. The molecule has 0 amide bonds. The first kappa shape index (κ1) is 9.21. The van der Waals surface area contributed by atoms with Crippen LogP contribution >= 0.6 is 11.6 Å². The molecular weight excluding hydrogens is 198 g/mol. The zero-order valence-corrected chi connectivity index (χ0v) is 8.50. The molecule has 2 rings (SSSR count). The number of amidine groups is 2. The first-order valence-electron chi connectivity index (χ1n) is 4.40. The van der Waals surface area contributed by atoms with Crippen molar-refractivity contribution in [3.8, 4) is 0 Å². The number of hydrogen-bond acceptors (Lipinski definition) is 2. The van der Waals surface area contributed by atoms with E-state index in [1.807, 2.05) is 13.0 Å². The van der Waals surface area contributed by atoms with Gasteiger partial charge < -0.3 is 5.32 Å². The average molecular weight is 208 g/mol. The topological polar surface area (TPSA) is 59.7 Å². The summed E-state index contributed by atoms with van der Waals surface area (Å²) in [7, 11) is 0. The van der Waals surface area contributed by atoms with E-state index in [0.717, 1.165) is 23.1 Å². The van der Waals surface area contributed by atoms with E-state index in [1.54, 1.807) is 6.07 Å². The lowest BCUT2D eigenvalue weighted by Crippen LogP contribution is -2.20. The molecule has 72 valence electrons. The second-order valence-corrected chi connectivity index (χ2v) is 3.65. The van der Waals surface area contributed by atoms with Gasteiger partial charge in [-0.3, -0.25) is 10.8 Å². The monoisotopic (exact) mass is 207 g/mol. The third-order valence-electron chi connectivity index (χ3n) is 2.34. The fourth-order valence-corrected chi connectivity index (χ4v) is 1.93. The minimum absolute atomic E-state index is 0.266. The number of halogens is 1. The molecule has 1 aromatic carbocycles. The third-order valence-corrected chi connectivity index (χ3v) is 2.55. The molecule has 0 spiro atoms. The molecule has 0 saturated heterocycles. The van der Waals surface area contributed by atoms with E-state index in [-0.39, 0.29) is 5.84 Å². The fraction of sp³-hybridized carbons (Fsp3) is 0.200. The van der Waals surface area contributed by atoms with Crippen molar-refractivity contribution < 1.29 is 0 Å². The van der Waals surface area contributed by atoms with Gasteiger partial charge in [0, 0.05) is 16.1 Å². The van der Waals surface area contributed by atoms with Crippen molar-refractivity contribution >= 4 is 23.3 Å². The largest absolute Gasteiger partial charge is 0.325 e. The Bertz CT molecular complexity index is 437. The molecule has 14 heavy (non-hydrogen) atoms. The molecule has 0 fully saturated rings. The van der Waals surface area contributed by atoms with Crippen LogP contribution in [-0.4, -0.2) is 11.7 Å². The lowest BCUT2D eigenvalue weighted by Gasteiger charge is -2.05. The van der Waals surface area contributed by atoms with Gasteiger partial charge in [-0.25, -0.2) is 0 Å². The molecule has 1 heterocycles. The van der Waals surface area contributed by atoms with Crippen molar-refractivity contribution in [2.75, 3.05) is 0 Å². The van der Waals surface area contributed by atoms with Crippen LogP contribution in [0.5, 0.6) is 0 Å². The molecule has 1 aliphatic heterocycles. The minimum atomic E-state index is 0.266. The minimum Gasteiger partial charge on any atom is -0.325 e. The number of hydrogen-bond donors (Lipinski definition) is 3. The zero-order chi connectivity index (χ0) is 10.3. The second-order valence-electron chi connectivity index (χ2n) is 3.22. The van der Waals surface area contributed by atoms with Gasteiger partial charge in [-0.15, -0.1) is 0 Å². The Labute approximate surface area is 87.1 Å². The molecule has 3 N–H and O–H groups in total. The van der Waals surface area contributed by atoms with E-state index >= 15 is 0 Å². The van der Waals surface area contributed by atoms with Crippen molar-refractivity contribution in [2.45, 2.75) is 13.3 Å². The van der Waals surface area contributed by atoms with Crippen molar-refractivity contribution in [2.24, 2.45) is 0 Å². The molecule has 4 heteroatoms. The Morgan fingerprint density at radius 2 is 2.00 bits per heavy atom. The van der Waals surface area contributed by atoms with E-state index in [1.165, 1.54) is 0 Å². The van der Waals surface area contributed by atoms with Gasteiger partial charge in [-0.2, -0.15) is 0 Å². The summed E-state index contributed by atoms with van der Waals surface area (Å²) in [4.78, 5) is 0. The van der Waals surface area contributed by atoms with Crippen molar-refractivity contribution in [3.05, 3.63) is 33.8 Å². The molecule has 0 radical (unpaired) electrons. The maximum Gasteiger partial charge on any atom is 0.132 e. The van der Waals surface area contributed by atoms with Gasteiger partial charge in [-0.05, 0) is 24.1 Å². The van der Waals surface area contributed by atoms with Crippen molar-refractivity contribution in [3.63, 3.8) is 0 Å². The summed E-state index contributed by atoms with van der Waals surface area (Å²) in [5, 5.41) is 18.6. The summed E-state index contributed by atoms with van der Waals surface area (Å²) in [6, 6.07) is 3.59. The highest BCUT2D eigenvalue weighted by Crippen LogP contribution is 2.25. The Morgan fingerprint density at radius 1 is 1.29 bits per heavy atom. The Balaban J connectivity index is 2.73. The summed E-state index contributed by atoms with van der Waals surface area (Å²) < 4.78 is 0. The zero-order valence-electron chi connectivity index (χ0n) is 7.74. The van der Waals surface area contributed by atoms with Crippen molar-refractivity contribution in [1.82, 2.24) is 5.32 Å². The average Bonchev–Trinajstić information content (AvgIpc) is 2.41. The van der Waals surface area contributed by atoms with E-state index in [2.05, 4.69) is 5.32 Å². The molecule has 0 saturated carbocycles. The van der Waals surface area contributed by atoms with Crippen LogP contribution in [0.4, 0.5) is 0 Å². The summed E-state index contributed by atoms with van der Waals surface area (Å²) >= 11 is 5.93. The number of benzene rings is 1. The molecule has 0 bridgehead atoms. The highest BCUT2D eigenvalue weighted by molar-refractivity contribution is 6.32. The van der Waals surface area contributed by atoms with Crippen LogP contribution < -0.4 is 5.32 Å². The number of rotatable bonds is 1. The predicted molar refractivity (Wildman–Crippen MR) is 57.6 cm³/mol. The number of aryl methyl sites for hydroxylation is 1. The van der Waals surface area contributed by atoms with Crippen LogP contribution in [0.2, 0.25) is 5.02 Å². The Hall–Kier alpha value is -1.35.